The van der Waals surface area contributed by atoms with Crippen molar-refractivity contribution in [2.45, 2.75) is 32.2 Å². The van der Waals surface area contributed by atoms with Gasteiger partial charge in [-0.1, -0.05) is 6.92 Å². The molecule has 1 saturated heterocycles. The van der Waals surface area contributed by atoms with Gasteiger partial charge in [0.1, 0.15) is 0 Å². The molecule has 25 heavy (non-hydrogen) atoms. The van der Waals surface area contributed by atoms with Gasteiger partial charge in [-0.2, -0.15) is 5.10 Å². The number of aliphatic carboxylic acids is 1. The van der Waals surface area contributed by atoms with Gasteiger partial charge in [0.25, 0.3) is 0 Å². The first kappa shape index (κ1) is 17.9. The molecule has 2 aliphatic rings. The van der Waals surface area contributed by atoms with E-state index in [0.717, 1.165) is 25.9 Å². The molecule has 2 fully saturated rings. The maximum absolute atomic E-state index is 12.5. The van der Waals surface area contributed by atoms with Crippen molar-refractivity contribution in [1.82, 2.24) is 19.6 Å². The largest absolute Gasteiger partial charge is 0.481 e. The summed E-state index contributed by atoms with van der Waals surface area (Å²) in [6.07, 6.45) is 6.67. The summed E-state index contributed by atoms with van der Waals surface area (Å²) in [7, 11) is 3.73. The number of hydrogen-bond donors (Lipinski definition) is 1. The third kappa shape index (κ3) is 3.71. The van der Waals surface area contributed by atoms with Crippen molar-refractivity contribution in [2.24, 2.45) is 24.8 Å². The van der Waals surface area contributed by atoms with Crippen LogP contribution in [0.2, 0.25) is 0 Å². The zero-order valence-corrected chi connectivity index (χ0v) is 15.3. The monoisotopic (exact) mass is 348 g/mol. The number of carboxylic acids is 1. The Kier molecular flexibility index (Phi) is 5.13. The number of aromatic nitrogens is 2. The number of carbonyl (C=O) groups excluding carboxylic acids is 1. The zero-order valence-electron chi connectivity index (χ0n) is 15.3. The first-order chi connectivity index (χ1) is 11.9. The van der Waals surface area contributed by atoms with Crippen LogP contribution in [-0.2, 0) is 16.6 Å². The van der Waals surface area contributed by atoms with E-state index in [1.165, 1.54) is 5.56 Å². The number of amides is 1. The van der Waals surface area contributed by atoms with Gasteiger partial charge >= 0.3 is 5.97 Å². The minimum Gasteiger partial charge on any atom is -0.481 e. The number of carboxylic acid groups (broad SMARTS) is 1. The Bertz CT molecular complexity index is 644. The summed E-state index contributed by atoms with van der Waals surface area (Å²) < 4.78 is 1.82. The summed E-state index contributed by atoms with van der Waals surface area (Å²) in [4.78, 5) is 27.8. The first-order valence-electron chi connectivity index (χ1n) is 9.12. The Balaban J connectivity index is 1.70. The molecule has 1 aliphatic carbocycles. The summed E-state index contributed by atoms with van der Waals surface area (Å²) in [5, 5.41) is 13.4. The molecule has 1 aromatic rings. The van der Waals surface area contributed by atoms with Crippen LogP contribution in [0.15, 0.2) is 12.4 Å². The molecule has 1 aliphatic heterocycles. The maximum Gasteiger partial charge on any atom is 0.307 e. The van der Waals surface area contributed by atoms with Crippen molar-refractivity contribution in [1.29, 1.82) is 0 Å². The maximum atomic E-state index is 12.5. The van der Waals surface area contributed by atoms with Crippen LogP contribution in [0.4, 0.5) is 0 Å². The minimum absolute atomic E-state index is 0.0223. The van der Waals surface area contributed by atoms with Gasteiger partial charge in [0.2, 0.25) is 5.91 Å². The lowest BCUT2D eigenvalue weighted by Crippen LogP contribution is -2.44. The molecule has 7 heteroatoms. The highest BCUT2D eigenvalue weighted by atomic mass is 16.4. The predicted molar refractivity (Wildman–Crippen MR) is 92.8 cm³/mol. The van der Waals surface area contributed by atoms with Crippen LogP contribution < -0.4 is 0 Å². The van der Waals surface area contributed by atoms with Crippen LogP contribution in [0, 0.1) is 17.8 Å². The van der Waals surface area contributed by atoms with E-state index in [1.54, 1.807) is 4.90 Å². The Morgan fingerprint density at radius 2 is 2.16 bits per heavy atom. The number of nitrogens with zero attached hydrogens (tertiary/aromatic N) is 4. The molecular weight excluding hydrogens is 320 g/mol. The van der Waals surface area contributed by atoms with Crippen LogP contribution in [0.25, 0.3) is 0 Å². The molecule has 7 nitrogen and oxygen atoms in total. The lowest BCUT2D eigenvalue weighted by molar-refractivity contribution is -0.141. The lowest BCUT2D eigenvalue weighted by atomic mass is 9.85. The standard InChI is InChI=1S/C18H28N4O3/c1-4-22-7-5-6-12(16(22)13-9-19-21(3)11-13)10-20(2)17(23)14-8-15(14)18(24)25/h9,11-12,14-16H,4-8,10H2,1-3H3,(H,24,25)/t12?,14-,15-,16?/m1/s1. The molecule has 0 aromatic carbocycles. The molecule has 2 unspecified atom stereocenters. The average molecular weight is 348 g/mol. The van der Waals surface area contributed by atoms with Crippen LogP contribution in [0.1, 0.15) is 37.8 Å². The van der Waals surface area contributed by atoms with Crippen molar-refractivity contribution in [2.75, 3.05) is 26.7 Å². The van der Waals surface area contributed by atoms with E-state index in [1.807, 2.05) is 25.0 Å². The molecule has 0 bridgehead atoms. The summed E-state index contributed by atoms with van der Waals surface area (Å²) in [6, 6.07) is 0.261. The lowest BCUT2D eigenvalue weighted by Gasteiger charge is -2.42. The molecule has 1 N–H and O–H groups in total. The van der Waals surface area contributed by atoms with Gasteiger partial charge in [0, 0.05) is 38.4 Å². The Morgan fingerprint density at radius 3 is 2.72 bits per heavy atom. The van der Waals surface area contributed by atoms with Gasteiger partial charge in [-0.3, -0.25) is 19.2 Å². The van der Waals surface area contributed by atoms with Crippen LogP contribution in [0.5, 0.6) is 0 Å². The average Bonchev–Trinajstić information content (AvgIpc) is 3.29. The van der Waals surface area contributed by atoms with E-state index in [4.69, 9.17) is 5.11 Å². The predicted octanol–water partition coefficient (Wildman–Crippen LogP) is 1.37. The third-order valence-electron chi connectivity index (χ3n) is 5.64. The Hall–Kier alpha value is -1.89. The second-order valence-electron chi connectivity index (χ2n) is 7.43. The number of piperidine rings is 1. The first-order valence-corrected chi connectivity index (χ1v) is 9.12. The normalized spacial score (nSPS) is 29.4. The summed E-state index contributed by atoms with van der Waals surface area (Å²) in [6.45, 7) is 4.87. The van der Waals surface area contributed by atoms with E-state index in [-0.39, 0.29) is 17.9 Å². The molecule has 1 amide bonds. The number of aryl methyl sites for hydroxylation is 1. The van der Waals surface area contributed by atoms with Crippen molar-refractivity contribution >= 4 is 11.9 Å². The van der Waals surface area contributed by atoms with Crippen molar-refractivity contribution in [3.05, 3.63) is 18.0 Å². The fraction of sp³-hybridized carbons (Fsp3) is 0.722. The molecule has 2 heterocycles. The van der Waals surface area contributed by atoms with Crippen LogP contribution in [0.3, 0.4) is 0 Å². The van der Waals surface area contributed by atoms with E-state index in [0.29, 0.717) is 18.9 Å². The second kappa shape index (κ2) is 7.15. The van der Waals surface area contributed by atoms with Gasteiger partial charge in [0.05, 0.1) is 18.0 Å². The van der Waals surface area contributed by atoms with Gasteiger partial charge in [-0.15, -0.1) is 0 Å². The van der Waals surface area contributed by atoms with Crippen molar-refractivity contribution in [3.8, 4) is 0 Å². The molecule has 138 valence electrons. The summed E-state index contributed by atoms with van der Waals surface area (Å²) in [5.41, 5.74) is 1.20. The molecule has 0 radical (unpaired) electrons. The van der Waals surface area contributed by atoms with E-state index in [2.05, 4.69) is 23.1 Å². The molecule has 1 aromatic heterocycles. The minimum atomic E-state index is -0.852. The van der Waals surface area contributed by atoms with Gasteiger partial charge in [-0.25, -0.2) is 0 Å². The molecule has 0 spiro atoms. The fourth-order valence-corrected chi connectivity index (χ4v) is 4.24. The Labute approximate surface area is 148 Å². The number of hydrogen-bond acceptors (Lipinski definition) is 4. The molecule has 1 saturated carbocycles. The topological polar surface area (TPSA) is 78.7 Å². The number of rotatable bonds is 6. The van der Waals surface area contributed by atoms with E-state index in [9.17, 15) is 9.59 Å². The zero-order chi connectivity index (χ0) is 18.1. The van der Waals surface area contributed by atoms with Crippen LogP contribution in [-0.4, -0.2) is 63.2 Å². The van der Waals surface area contributed by atoms with Gasteiger partial charge < -0.3 is 10.0 Å². The summed E-state index contributed by atoms with van der Waals surface area (Å²) in [5.74, 6) is -1.34. The summed E-state index contributed by atoms with van der Waals surface area (Å²) >= 11 is 0. The van der Waals surface area contributed by atoms with E-state index < -0.39 is 11.9 Å². The van der Waals surface area contributed by atoms with Gasteiger partial charge in [0.15, 0.2) is 0 Å². The highest BCUT2D eigenvalue weighted by Gasteiger charge is 2.49. The van der Waals surface area contributed by atoms with Crippen molar-refractivity contribution < 1.29 is 14.7 Å². The second-order valence-corrected chi connectivity index (χ2v) is 7.43. The number of carbonyl (C=O) groups is 2. The van der Waals surface area contributed by atoms with E-state index >= 15 is 0 Å². The Morgan fingerprint density at radius 1 is 1.40 bits per heavy atom. The smallest absolute Gasteiger partial charge is 0.307 e. The number of likely N-dealkylation sites (tertiary alicyclic amines) is 1. The highest BCUT2D eigenvalue weighted by Crippen LogP contribution is 2.41. The quantitative estimate of drug-likeness (QED) is 0.840. The van der Waals surface area contributed by atoms with Gasteiger partial charge in [-0.05, 0) is 38.3 Å². The van der Waals surface area contributed by atoms with Crippen molar-refractivity contribution in [3.63, 3.8) is 0 Å². The fourth-order valence-electron chi connectivity index (χ4n) is 4.24. The van der Waals surface area contributed by atoms with Crippen LogP contribution >= 0.6 is 0 Å². The SMILES string of the molecule is CCN1CCCC(CN(C)C(=O)[C@@H]2C[C@H]2C(=O)O)C1c1cnn(C)c1. The highest BCUT2D eigenvalue weighted by molar-refractivity contribution is 5.89. The molecular formula is C18H28N4O3. The molecule has 4 atom stereocenters. The third-order valence-corrected chi connectivity index (χ3v) is 5.64. The molecule has 3 rings (SSSR count).